The van der Waals surface area contributed by atoms with Crippen molar-refractivity contribution < 1.29 is 14.4 Å². The van der Waals surface area contributed by atoms with E-state index in [1.807, 2.05) is 62.4 Å². The highest BCUT2D eigenvalue weighted by molar-refractivity contribution is 6.10. The number of imide groups is 1. The van der Waals surface area contributed by atoms with Gasteiger partial charge in [0.25, 0.3) is 5.91 Å². The van der Waals surface area contributed by atoms with Crippen LogP contribution in [-0.2, 0) is 21.5 Å². The molecule has 35 heavy (non-hydrogen) atoms. The molecule has 1 aliphatic rings. The zero-order valence-electron chi connectivity index (χ0n) is 20.8. The average Bonchev–Trinajstić information content (AvgIpc) is 3.22. The first-order chi connectivity index (χ1) is 16.6. The van der Waals surface area contributed by atoms with Crippen LogP contribution in [0.5, 0.6) is 0 Å². The molecule has 4 amide bonds. The van der Waals surface area contributed by atoms with E-state index in [1.54, 1.807) is 18.5 Å². The lowest BCUT2D eigenvalue weighted by Gasteiger charge is -2.22. The van der Waals surface area contributed by atoms with E-state index in [-0.39, 0.29) is 6.54 Å². The lowest BCUT2D eigenvalue weighted by Crippen LogP contribution is -2.42. The molecule has 1 fully saturated rings. The third kappa shape index (κ3) is 4.56. The maximum absolute atomic E-state index is 13.2. The van der Waals surface area contributed by atoms with E-state index in [0.717, 1.165) is 34.7 Å². The summed E-state index contributed by atoms with van der Waals surface area (Å²) in [7, 11) is 0. The van der Waals surface area contributed by atoms with E-state index in [0.29, 0.717) is 16.9 Å². The van der Waals surface area contributed by atoms with Gasteiger partial charge in [0, 0.05) is 0 Å². The highest BCUT2D eigenvalue weighted by Crippen LogP contribution is 2.29. The van der Waals surface area contributed by atoms with Crippen LogP contribution in [0.1, 0.15) is 48.3 Å². The first-order valence-electron chi connectivity index (χ1n) is 11.8. The van der Waals surface area contributed by atoms with Crippen molar-refractivity contribution in [3.8, 4) is 5.69 Å². The molecular weight excluding hydrogens is 442 g/mol. The lowest BCUT2D eigenvalue weighted by atomic mass is 9.91. The number of aromatic nitrogens is 2. The Balaban J connectivity index is 1.49. The van der Waals surface area contributed by atoms with Gasteiger partial charge in [-0.3, -0.25) is 14.5 Å². The second-order valence-corrected chi connectivity index (χ2v) is 9.23. The number of amides is 4. The number of benzene rings is 2. The normalized spacial score (nSPS) is 17.6. The van der Waals surface area contributed by atoms with E-state index in [1.165, 1.54) is 5.56 Å². The van der Waals surface area contributed by atoms with Crippen LogP contribution in [0.2, 0.25) is 0 Å². The van der Waals surface area contributed by atoms with E-state index in [4.69, 9.17) is 0 Å². The van der Waals surface area contributed by atoms with E-state index < -0.39 is 23.4 Å². The molecule has 0 aliphatic carbocycles. The largest absolute Gasteiger partial charge is 0.325 e. The molecule has 3 aromatic rings. The van der Waals surface area contributed by atoms with Gasteiger partial charge in [0.2, 0.25) is 5.91 Å². The van der Waals surface area contributed by atoms with Crippen molar-refractivity contribution in [2.75, 3.05) is 11.9 Å². The van der Waals surface area contributed by atoms with Crippen molar-refractivity contribution >= 4 is 23.5 Å². The van der Waals surface area contributed by atoms with Gasteiger partial charge >= 0.3 is 6.03 Å². The number of carbonyl (C=O) groups excluding carboxylic acids is 3. The molecule has 0 spiro atoms. The van der Waals surface area contributed by atoms with Gasteiger partial charge in [-0.25, -0.2) is 9.48 Å². The summed E-state index contributed by atoms with van der Waals surface area (Å²) in [5.74, 6) is -0.921. The summed E-state index contributed by atoms with van der Waals surface area (Å²) >= 11 is 0. The van der Waals surface area contributed by atoms with Crippen molar-refractivity contribution in [1.29, 1.82) is 0 Å². The molecule has 4 rings (SSSR count). The van der Waals surface area contributed by atoms with Gasteiger partial charge in [-0.15, -0.1) is 0 Å². The minimum absolute atomic E-state index is 0.386. The number of nitrogens with one attached hydrogen (secondary N) is 2. The molecular formula is C27H31N5O3. The molecule has 182 valence electrons. The molecule has 1 atom stereocenters. The Labute approximate surface area is 205 Å². The zero-order chi connectivity index (χ0) is 25.3. The molecule has 2 aromatic carbocycles. The van der Waals surface area contributed by atoms with Crippen LogP contribution in [0.3, 0.4) is 0 Å². The Bertz CT molecular complexity index is 1280. The van der Waals surface area contributed by atoms with Crippen LogP contribution in [0.15, 0.2) is 48.5 Å². The number of hydrogen-bond donors (Lipinski definition) is 2. The Hall–Kier alpha value is -3.94. The van der Waals surface area contributed by atoms with Gasteiger partial charge in [-0.05, 0) is 57.4 Å². The quantitative estimate of drug-likeness (QED) is 0.504. The zero-order valence-corrected chi connectivity index (χ0v) is 20.8. The summed E-state index contributed by atoms with van der Waals surface area (Å²) < 4.78 is 1.76. The fourth-order valence-corrected chi connectivity index (χ4v) is 4.41. The number of rotatable bonds is 7. The summed E-state index contributed by atoms with van der Waals surface area (Å²) in [5, 5.41) is 10.2. The van der Waals surface area contributed by atoms with Crippen molar-refractivity contribution in [2.24, 2.45) is 0 Å². The minimum Gasteiger partial charge on any atom is -0.321 e. The summed E-state index contributed by atoms with van der Waals surface area (Å²) in [6.07, 6.45) is 1.97. The van der Waals surface area contributed by atoms with Gasteiger partial charge in [0.05, 0.1) is 22.8 Å². The molecule has 8 nitrogen and oxygen atoms in total. The first kappa shape index (κ1) is 24.2. The topological polar surface area (TPSA) is 96.3 Å². The van der Waals surface area contributed by atoms with Gasteiger partial charge in [0.15, 0.2) is 0 Å². The second kappa shape index (κ2) is 9.37. The number of hydrogen-bond acceptors (Lipinski definition) is 4. The molecule has 1 aromatic heterocycles. The SMILES string of the molecule is CCCc1ccc(C2(C)NC(=O)N(CC(=O)Nc3c(C)nn(-c4ccc(C)cc4)c3C)C2=O)cc1. The number of aryl methyl sites for hydroxylation is 3. The summed E-state index contributed by atoms with van der Waals surface area (Å²) in [4.78, 5) is 39.8. The van der Waals surface area contributed by atoms with Gasteiger partial charge in [-0.2, -0.15) is 5.10 Å². The van der Waals surface area contributed by atoms with E-state index >= 15 is 0 Å². The monoisotopic (exact) mass is 473 g/mol. The van der Waals surface area contributed by atoms with Crippen LogP contribution in [0, 0.1) is 20.8 Å². The third-order valence-corrected chi connectivity index (χ3v) is 6.48. The predicted molar refractivity (Wildman–Crippen MR) is 134 cm³/mol. The fraction of sp³-hybridized carbons (Fsp3) is 0.333. The smallest absolute Gasteiger partial charge is 0.321 e. The van der Waals surface area contributed by atoms with Crippen molar-refractivity contribution in [3.05, 3.63) is 76.6 Å². The third-order valence-electron chi connectivity index (χ3n) is 6.48. The second-order valence-electron chi connectivity index (χ2n) is 9.23. The fourth-order valence-electron chi connectivity index (χ4n) is 4.41. The van der Waals surface area contributed by atoms with Crippen LogP contribution < -0.4 is 10.6 Å². The van der Waals surface area contributed by atoms with Crippen molar-refractivity contribution in [2.45, 2.75) is 53.0 Å². The number of carbonyl (C=O) groups is 3. The first-order valence-corrected chi connectivity index (χ1v) is 11.8. The maximum atomic E-state index is 13.2. The number of anilines is 1. The maximum Gasteiger partial charge on any atom is 0.325 e. The van der Waals surface area contributed by atoms with Gasteiger partial charge < -0.3 is 10.6 Å². The molecule has 1 unspecified atom stereocenters. The molecule has 8 heteroatoms. The van der Waals surface area contributed by atoms with Crippen LogP contribution in [-0.4, -0.2) is 39.1 Å². The highest BCUT2D eigenvalue weighted by Gasteiger charge is 2.49. The Morgan fingerprint density at radius 1 is 1.03 bits per heavy atom. The standard InChI is InChI=1S/C27H31N5O3/c1-6-7-20-10-12-21(13-11-20)27(5)25(34)31(26(35)29-27)16-23(33)28-24-18(3)30-32(19(24)4)22-14-8-17(2)9-15-22/h8-15H,6-7,16H2,1-5H3,(H,28,33)(H,29,35). The van der Waals surface area contributed by atoms with E-state index in [2.05, 4.69) is 22.7 Å². The van der Waals surface area contributed by atoms with E-state index in [9.17, 15) is 14.4 Å². The van der Waals surface area contributed by atoms with Gasteiger partial charge in [0.1, 0.15) is 12.1 Å². The summed E-state index contributed by atoms with van der Waals surface area (Å²) in [5.41, 5.74) is 4.63. The van der Waals surface area contributed by atoms with Crippen molar-refractivity contribution in [1.82, 2.24) is 20.0 Å². The van der Waals surface area contributed by atoms with Crippen LogP contribution in [0.4, 0.5) is 10.5 Å². The minimum atomic E-state index is -1.22. The van der Waals surface area contributed by atoms with Gasteiger partial charge in [-0.1, -0.05) is 55.3 Å². The average molecular weight is 474 g/mol. The molecule has 2 heterocycles. The molecule has 2 N–H and O–H groups in total. The Morgan fingerprint density at radius 3 is 2.31 bits per heavy atom. The Kier molecular flexibility index (Phi) is 6.47. The molecule has 0 radical (unpaired) electrons. The van der Waals surface area contributed by atoms with Crippen LogP contribution >= 0.6 is 0 Å². The summed E-state index contributed by atoms with van der Waals surface area (Å²) in [6, 6.07) is 15.0. The lowest BCUT2D eigenvalue weighted by molar-refractivity contribution is -0.133. The van der Waals surface area contributed by atoms with Crippen LogP contribution in [0.25, 0.3) is 5.69 Å². The number of nitrogens with zero attached hydrogens (tertiary/aromatic N) is 3. The molecule has 1 saturated heterocycles. The molecule has 0 saturated carbocycles. The number of urea groups is 1. The molecule has 0 bridgehead atoms. The predicted octanol–water partition coefficient (Wildman–Crippen LogP) is 4.16. The summed E-state index contributed by atoms with van der Waals surface area (Å²) in [6.45, 7) is 9.07. The molecule has 1 aliphatic heterocycles. The Morgan fingerprint density at radius 2 is 1.69 bits per heavy atom. The highest BCUT2D eigenvalue weighted by atomic mass is 16.2. The van der Waals surface area contributed by atoms with Crippen molar-refractivity contribution in [3.63, 3.8) is 0 Å².